The van der Waals surface area contributed by atoms with Crippen molar-refractivity contribution in [2.75, 3.05) is 43.5 Å². The van der Waals surface area contributed by atoms with E-state index in [0.29, 0.717) is 25.1 Å². The number of benzene rings is 3. The average Bonchev–Trinajstić information content (AvgIpc) is 2.96. The van der Waals surface area contributed by atoms with E-state index in [-0.39, 0.29) is 11.8 Å². The number of unbranched alkanes of at least 4 members (excludes halogenated alkanes) is 3. The van der Waals surface area contributed by atoms with Gasteiger partial charge in [-0.25, -0.2) is 0 Å². The van der Waals surface area contributed by atoms with E-state index in [1.807, 2.05) is 65.6 Å². The molecule has 1 N–H and O–H groups in total. The Morgan fingerprint density at radius 1 is 0.789 bits per heavy atom. The van der Waals surface area contributed by atoms with Crippen LogP contribution in [0.15, 0.2) is 72.8 Å². The summed E-state index contributed by atoms with van der Waals surface area (Å²) in [7, 11) is 1.64. The number of hydrogen-bond acceptors (Lipinski definition) is 4. The van der Waals surface area contributed by atoms with Gasteiger partial charge in [-0.3, -0.25) is 9.59 Å². The van der Waals surface area contributed by atoms with Gasteiger partial charge in [-0.2, -0.15) is 0 Å². The molecule has 200 valence electrons. The van der Waals surface area contributed by atoms with E-state index in [0.717, 1.165) is 42.2 Å². The third-order valence-electron chi connectivity index (χ3n) is 7.17. The minimum Gasteiger partial charge on any atom is -0.497 e. The second-order valence-corrected chi connectivity index (χ2v) is 9.90. The Hall–Kier alpha value is -3.80. The van der Waals surface area contributed by atoms with Crippen molar-refractivity contribution in [2.24, 2.45) is 0 Å². The van der Waals surface area contributed by atoms with E-state index in [1.165, 1.54) is 31.2 Å². The summed E-state index contributed by atoms with van der Waals surface area (Å²) in [5, 5.41) is 3.00. The number of ether oxygens (including phenoxy) is 1. The molecular formula is C32H39N3O3. The molecule has 1 aliphatic rings. The Morgan fingerprint density at radius 2 is 1.45 bits per heavy atom. The number of rotatable bonds is 11. The van der Waals surface area contributed by atoms with Crippen molar-refractivity contribution in [3.05, 3.63) is 89.5 Å². The topological polar surface area (TPSA) is 61.9 Å². The maximum absolute atomic E-state index is 12.8. The molecule has 1 heterocycles. The standard InChI is InChI=1S/C32H39N3O3/c1-3-4-5-6-7-25-8-12-27(13-9-25)32(37)33-28-14-16-29(17-15-28)34-20-22-35(23-21-34)31(36)24-26-10-18-30(38-2)19-11-26/h8-19H,3-7,20-24H2,1-2H3,(H,33,37). The van der Waals surface area contributed by atoms with Crippen molar-refractivity contribution < 1.29 is 14.3 Å². The van der Waals surface area contributed by atoms with Crippen LogP contribution in [0.25, 0.3) is 0 Å². The lowest BCUT2D eigenvalue weighted by molar-refractivity contribution is -0.130. The van der Waals surface area contributed by atoms with Gasteiger partial charge >= 0.3 is 0 Å². The molecule has 0 saturated carbocycles. The molecule has 0 aliphatic carbocycles. The average molecular weight is 514 g/mol. The second kappa shape index (κ2) is 13.7. The van der Waals surface area contributed by atoms with Gasteiger partial charge in [-0.05, 0) is 72.5 Å². The molecule has 4 rings (SSSR count). The first kappa shape index (κ1) is 27.2. The summed E-state index contributed by atoms with van der Waals surface area (Å²) in [5.41, 5.74) is 4.81. The Labute approximate surface area is 226 Å². The number of carbonyl (C=O) groups is 2. The SMILES string of the molecule is CCCCCCc1ccc(C(=O)Nc2ccc(N3CCN(C(=O)Cc4ccc(OC)cc4)CC3)cc2)cc1. The van der Waals surface area contributed by atoms with Crippen LogP contribution in [0.2, 0.25) is 0 Å². The highest BCUT2D eigenvalue weighted by molar-refractivity contribution is 6.04. The van der Waals surface area contributed by atoms with Gasteiger partial charge < -0.3 is 19.9 Å². The normalized spacial score (nSPS) is 13.3. The molecule has 1 aliphatic heterocycles. The highest BCUT2D eigenvalue weighted by atomic mass is 16.5. The van der Waals surface area contributed by atoms with Gasteiger partial charge in [-0.15, -0.1) is 0 Å². The van der Waals surface area contributed by atoms with Crippen LogP contribution in [-0.4, -0.2) is 50.0 Å². The van der Waals surface area contributed by atoms with E-state index < -0.39 is 0 Å². The van der Waals surface area contributed by atoms with Gasteiger partial charge in [0.1, 0.15) is 5.75 Å². The van der Waals surface area contributed by atoms with E-state index in [2.05, 4.69) is 29.3 Å². The maximum atomic E-state index is 12.8. The highest BCUT2D eigenvalue weighted by Gasteiger charge is 2.21. The zero-order chi connectivity index (χ0) is 26.7. The first-order chi connectivity index (χ1) is 18.6. The first-order valence-electron chi connectivity index (χ1n) is 13.7. The summed E-state index contributed by atoms with van der Waals surface area (Å²) in [4.78, 5) is 29.7. The van der Waals surface area contributed by atoms with Crippen molar-refractivity contribution in [1.29, 1.82) is 0 Å². The van der Waals surface area contributed by atoms with Crippen molar-refractivity contribution in [2.45, 2.75) is 45.4 Å². The zero-order valence-corrected chi connectivity index (χ0v) is 22.6. The first-order valence-corrected chi connectivity index (χ1v) is 13.7. The monoisotopic (exact) mass is 513 g/mol. The van der Waals surface area contributed by atoms with Gasteiger partial charge in [0.2, 0.25) is 5.91 Å². The summed E-state index contributed by atoms with van der Waals surface area (Å²) in [6.07, 6.45) is 6.44. The molecule has 3 aromatic carbocycles. The summed E-state index contributed by atoms with van der Waals surface area (Å²) in [5.74, 6) is 0.847. The van der Waals surface area contributed by atoms with Crippen LogP contribution in [0.5, 0.6) is 5.75 Å². The number of piperazine rings is 1. The third-order valence-corrected chi connectivity index (χ3v) is 7.17. The van der Waals surface area contributed by atoms with E-state index in [9.17, 15) is 9.59 Å². The van der Waals surface area contributed by atoms with Gasteiger partial charge in [0.05, 0.1) is 13.5 Å². The van der Waals surface area contributed by atoms with E-state index in [4.69, 9.17) is 4.74 Å². The molecule has 38 heavy (non-hydrogen) atoms. The molecule has 0 spiro atoms. The van der Waals surface area contributed by atoms with Crippen LogP contribution in [-0.2, 0) is 17.6 Å². The molecule has 6 heteroatoms. The molecule has 2 amide bonds. The van der Waals surface area contributed by atoms with Crippen LogP contribution in [0.3, 0.4) is 0 Å². The molecule has 0 radical (unpaired) electrons. The third kappa shape index (κ3) is 7.60. The maximum Gasteiger partial charge on any atom is 0.255 e. The van der Waals surface area contributed by atoms with Crippen LogP contribution >= 0.6 is 0 Å². The van der Waals surface area contributed by atoms with Crippen molar-refractivity contribution >= 4 is 23.2 Å². The fraction of sp³-hybridized carbons (Fsp3) is 0.375. The quantitative estimate of drug-likeness (QED) is 0.321. The summed E-state index contributed by atoms with van der Waals surface area (Å²) >= 11 is 0. The van der Waals surface area contributed by atoms with E-state index in [1.54, 1.807) is 7.11 Å². The summed E-state index contributed by atoms with van der Waals surface area (Å²) < 4.78 is 5.19. The molecule has 0 atom stereocenters. The van der Waals surface area contributed by atoms with Crippen molar-refractivity contribution in [1.82, 2.24) is 4.90 Å². The Kier molecular flexibility index (Phi) is 9.79. The zero-order valence-electron chi connectivity index (χ0n) is 22.6. The lowest BCUT2D eigenvalue weighted by Gasteiger charge is -2.36. The number of hydrogen-bond donors (Lipinski definition) is 1. The number of aryl methyl sites for hydroxylation is 1. The van der Waals surface area contributed by atoms with Gasteiger partial charge in [0.15, 0.2) is 0 Å². The van der Waals surface area contributed by atoms with E-state index >= 15 is 0 Å². The molecule has 1 saturated heterocycles. The van der Waals surface area contributed by atoms with Crippen molar-refractivity contribution in [3.63, 3.8) is 0 Å². The molecule has 0 aromatic heterocycles. The molecule has 3 aromatic rings. The predicted octanol–water partition coefficient (Wildman–Crippen LogP) is 5.96. The fourth-order valence-corrected chi connectivity index (χ4v) is 4.78. The minimum atomic E-state index is -0.0979. The van der Waals surface area contributed by atoms with Crippen LogP contribution in [0.1, 0.15) is 54.1 Å². The molecule has 0 unspecified atom stereocenters. The predicted molar refractivity (Wildman–Crippen MR) is 154 cm³/mol. The minimum absolute atomic E-state index is 0.0979. The van der Waals surface area contributed by atoms with Crippen LogP contribution in [0, 0.1) is 0 Å². The molecular weight excluding hydrogens is 474 g/mol. The van der Waals surface area contributed by atoms with Gasteiger partial charge in [-0.1, -0.05) is 50.5 Å². The Bertz CT molecular complexity index is 1170. The number of carbonyl (C=O) groups excluding carboxylic acids is 2. The largest absolute Gasteiger partial charge is 0.497 e. The highest BCUT2D eigenvalue weighted by Crippen LogP contribution is 2.21. The van der Waals surface area contributed by atoms with Crippen LogP contribution < -0.4 is 15.0 Å². The Balaban J connectivity index is 1.23. The van der Waals surface area contributed by atoms with Gasteiger partial charge in [0.25, 0.3) is 5.91 Å². The number of nitrogens with one attached hydrogen (secondary N) is 1. The molecule has 1 fully saturated rings. The number of methoxy groups -OCH3 is 1. The lowest BCUT2D eigenvalue weighted by Crippen LogP contribution is -2.49. The Morgan fingerprint density at radius 3 is 2.08 bits per heavy atom. The molecule has 6 nitrogen and oxygen atoms in total. The lowest BCUT2D eigenvalue weighted by atomic mass is 10.0. The number of amides is 2. The van der Waals surface area contributed by atoms with Crippen LogP contribution in [0.4, 0.5) is 11.4 Å². The van der Waals surface area contributed by atoms with Gasteiger partial charge in [0, 0.05) is 43.1 Å². The molecule has 0 bridgehead atoms. The number of anilines is 2. The summed E-state index contributed by atoms with van der Waals surface area (Å²) in [6, 6.07) is 23.5. The summed E-state index contributed by atoms with van der Waals surface area (Å²) in [6.45, 7) is 5.18. The fourth-order valence-electron chi connectivity index (χ4n) is 4.78. The van der Waals surface area contributed by atoms with Crippen molar-refractivity contribution in [3.8, 4) is 5.75 Å². The second-order valence-electron chi connectivity index (χ2n) is 9.90. The smallest absolute Gasteiger partial charge is 0.255 e. The number of nitrogens with zero attached hydrogens (tertiary/aromatic N) is 2.